The molecule has 1 aliphatic rings. The summed E-state index contributed by atoms with van der Waals surface area (Å²) in [5, 5.41) is 6.74. The number of hydrogen-bond donors (Lipinski definition) is 2. The number of aryl methyl sites for hydroxylation is 2. The van der Waals surface area contributed by atoms with Gasteiger partial charge in [-0.1, -0.05) is 30.3 Å². The Bertz CT molecular complexity index is 1580. The zero-order valence-corrected chi connectivity index (χ0v) is 23.7. The average molecular weight is 578 g/mol. The number of rotatable bonds is 7. The summed E-state index contributed by atoms with van der Waals surface area (Å²) in [6.45, 7) is 5.87. The van der Waals surface area contributed by atoms with Crippen LogP contribution < -0.4 is 10.6 Å². The highest BCUT2D eigenvalue weighted by molar-refractivity contribution is 7.80. The van der Waals surface area contributed by atoms with Crippen molar-refractivity contribution in [3.8, 4) is 5.69 Å². The lowest BCUT2D eigenvalue weighted by Gasteiger charge is -2.28. The molecule has 41 heavy (non-hydrogen) atoms. The van der Waals surface area contributed by atoms with Gasteiger partial charge >= 0.3 is 6.18 Å². The molecule has 4 aromatic rings. The van der Waals surface area contributed by atoms with Crippen LogP contribution in [-0.4, -0.2) is 32.0 Å². The third-order valence-corrected chi connectivity index (χ3v) is 7.67. The average Bonchev–Trinajstić information content (AvgIpc) is 3.41. The molecular formula is C31H30F3N5OS. The predicted octanol–water partition coefficient (Wildman–Crippen LogP) is 6.82. The molecule has 2 N–H and O–H groups in total. The Labute approximate surface area is 242 Å². The number of benzene rings is 2. The first-order chi connectivity index (χ1) is 19.5. The summed E-state index contributed by atoms with van der Waals surface area (Å²) in [6, 6.07) is 19.9. The molecule has 2 aromatic carbocycles. The van der Waals surface area contributed by atoms with E-state index >= 15 is 0 Å². The van der Waals surface area contributed by atoms with E-state index in [1.165, 1.54) is 12.1 Å². The van der Waals surface area contributed by atoms with Crippen LogP contribution in [0.15, 0.2) is 79.0 Å². The van der Waals surface area contributed by atoms with Gasteiger partial charge in [0.05, 0.1) is 29.0 Å². The normalized spacial score (nSPS) is 17.0. The van der Waals surface area contributed by atoms with E-state index in [1.54, 1.807) is 23.8 Å². The van der Waals surface area contributed by atoms with Crippen molar-refractivity contribution in [2.75, 3.05) is 11.9 Å². The standard InChI is InChI=1S/C31H30F3N5OS/c1-19-9-8-10-22(17-19)36-27(40)14-16-38-29(28(37-30(38)41)25-12-6-7-15-35-25)23-18-20(2)39(21(23)3)26-13-5-4-11-24(26)31(32,33)34/h4-13,15,17-18,28-29H,14,16H2,1-3H3,(H,36,40)(H,37,41)/t28-,29-/m0/s1. The van der Waals surface area contributed by atoms with Crippen molar-refractivity contribution in [1.29, 1.82) is 0 Å². The highest BCUT2D eigenvalue weighted by Gasteiger charge is 2.42. The number of para-hydroxylation sites is 1. The van der Waals surface area contributed by atoms with Gasteiger partial charge in [0.1, 0.15) is 0 Å². The Kier molecular flexibility index (Phi) is 7.86. The fourth-order valence-electron chi connectivity index (χ4n) is 5.52. The Balaban J connectivity index is 1.51. The number of aromatic nitrogens is 2. The van der Waals surface area contributed by atoms with Gasteiger partial charge in [0, 0.05) is 36.2 Å². The molecule has 2 atom stereocenters. The van der Waals surface area contributed by atoms with Crippen LogP contribution in [0.4, 0.5) is 18.9 Å². The van der Waals surface area contributed by atoms with Gasteiger partial charge in [-0.25, -0.2) is 0 Å². The van der Waals surface area contributed by atoms with E-state index < -0.39 is 17.8 Å². The molecule has 2 aromatic heterocycles. The molecule has 1 fully saturated rings. The molecule has 10 heteroatoms. The van der Waals surface area contributed by atoms with Gasteiger partial charge in [0.2, 0.25) is 5.91 Å². The van der Waals surface area contributed by atoms with Crippen LogP contribution >= 0.6 is 12.2 Å². The van der Waals surface area contributed by atoms with E-state index in [9.17, 15) is 18.0 Å². The smallest absolute Gasteiger partial charge is 0.352 e. The minimum atomic E-state index is -4.51. The zero-order chi connectivity index (χ0) is 29.3. The Hall–Kier alpha value is -4.18. The predicted molar refractivity (Wildman–Crippen MR) is 157 cm³/mol. The number of hydrogen-bond acceptors (Lipinski definition) is 3. The molecule has 0 saturated carbocycles. The van der Waals surface area contributed by atoms with Crippen molar-refractivity contribution in [2.24, 2.45) is 0 Å². The van der Waals surface area contributed by atoms with Crippen LogP contribution in [0.2, 0.25) is 0 Å². The number of carbonyl (C=O) groups is 1. The molecule has 0 aliphatic carbocycles. The molecule has 212 valence electrons. The number of nitrogens with one attached hydrogen (secondary N) is 2. The Morgan fingerprint density at radius 2 is 1.78 bits per heavy atom. The lowest BCUT2D eigenvalue weighted by molar-refractivity contribution is -0.137. The second-order valence-electron chi connectivity index (χ2n) is 10.2. The van der Waals surface area contributed by atoms with E-state index in [4.69, 9.17) is 12.2 Å². The molecule has 5 rings (SSSR count). The van der Waals surface area contributed by atoms with Crippen LogP contribution in [-0.2, 0) is 11.0 Å². The number of pyridine rings is 1. The second kappa shape index (κ2) is 11.4. The van der Waals surface area contributed by atoms with Crippen molar-refractivity contribution >= 4 is 28.9 Å². The van der Waals surface area contributed by atoms with Crippen molar-refractivity contribution in [3.05, 3.63) is 113 Å². The number of amides is 1. The molecule has 6 nitrogen and oxygen atoms in total. The van der Waals surface area contributed by atoms with Gasteiger partial charge in [-0.15, -0.1) is 0 Å². The van der Waals surface area contributed by atoms with E-state index in [0.29, 0.717) is 28.7 Å². The van der Waals surface area contributed by atoms with Crippen molar-refractivity contribution in [1.82, 2.24) is 19.8 Å². The van der Waals surface area contributed by atoms with Crippen LogP contribution in [0, 0.1) is 20.8 Å². The molecule has 1 amide bonds. The van der Waals surface area contributed by atoms with Gasteiger partial charge in [0.15, 0.2) is 5.11 Å². The molecule has 0 bridgehead atoms. The second-order valence-corrected chi connectivity index (χ2v) is 10.6. The monoisotopic (exact) mass is 577 g/mol. The maximum absolute atomic E-state index is 14.0. The summed E-state index contributed by atoms with van der Waals surface area (Å²) in [4.78, 5) is 19.4. The van der Waals surface area contributed by atoms with Crippen molar-refractivity contribution in [3.63, 3.8) is 0 Å². The first kappa shape index (κ1) is 28.4. The largest absolute Gasteiger partial charge is 0.418 e. The fraction of sp³-hybridized carbons (Fsp3) is 0.258. The fourth-order valence-corrected chi connectivity index (χ4v) is 5.85. The first-order valence-electron chi connectivity index (χ1n) is 13.2. The zero-order valence-electron chi connectivity index (χ0n) is 22.9. The van der Waals surface area contributed by atoms with Crippen LogP contribution in [0.1, 0.15) is 52.3 Å². The molecule has 3 heterocycles. The maximum Gasteiger partial charge on any atom is 0.418 e. The minimum absolute atomic E-state index is 0.0632. The lowest BCUT2D eigenvalue weighted by Crippen LogP contribution is -2.33. The Morgan fingerprint density at radius 1 is 1.02 bits per heavy atom. The van der Waals surface area contributed by atoms with Gasteiger partial charge in [0.25, 0.3) is 0 Å². The molecule has 1 saturated heterocycles. The quantitative estimate of drug-likeness (QED) is 0.236. The third kappa shape index (κ3) is 5.83. The lowest BCUT2D eigenvalue weighted by atomic mass is 9.96. The number of thiocarbonyl (C=S) groups is 1. The summed E-state index contributed by atoms with van der Waals surface area (Å²) in [5.74, 6) is -0.164. The molecular weight excluding hydrogens is 547 g/mol. The van der Waals surface area contributed by atoms with E-state index in [2.05, 4.69) is 15.6 Å². The van der Waals surface area contributed by atoms with Crippen LogP contribution in [0.3, 0.4) is 0 Å². The third-order valence-electron chi connectivity index (χ3n) is 7.32. The number of carbonyl (C=O) groups excluding carboxylic acids is 1. The van der Waals surface area contributed by atoms with Gasteiger partial charge in [-0.2, -0.15) is 13.2 Å². The van der Waals surface area contributed by atoms with Gasteiger partial charge in [-0.05, 0) is 86.6 Å². The van der Waals surface area contributed by atoms with Crippen LogP contribution in [0.5, 0.6) is 0 Å². The highest BCUT2D eigenvalue weighted by atomic mass is 32.1. The van der Waals surface area contributed by atoms with Crippen molar-refractivity contribution in [2.45, 2.75) is 45.5 Å². The first-order valence-corrected chi connectivity index (χ1v) is 13.7. The van der Waals surface area contributed by atoms with Gasteiger partial charge in [-0.3, -0.25) is 9.78 Å². The van der Waals surface area contributed by atoms with Gasteiger partial charge < -0.3 is 20.1 Å². The number of halogens is 3. The van der Waals surface area contributed by atoms with Crippen LogP contribution in [0.25, 0.3) is 5.69 Å². The molecule has 0 spiro atoms. The summed E-state index contributed by atoms with van der Waals surface area (Å²) in [6.07, 6.45) is -2.65. The Morgan fingerprint density at radius 3 is 2.49 bits per heavy atom. The minimum Gasteiger partial charge on any atom is -0.352 e. The SMILES string of the molecule is Cc1cccc(NC(=O)CCN2C(=S)N[C@@H](c3ccccn3)[C@@H]2c2cc(C)n(-c3ccccc3C(F)(F)F)c2C)c1. The topological polar surface area (TPSA) is 62.2 Å². The van der Waals surface area contributed by atoms with E-state index in [1.807, 2.05) is 67.3 Å². The summed E-state index contributed by atoms with van der Waals surface area (Å²) in [5.41, 5.74) is 3.97. The van der Waals surface area contributed by atoms with E-state index in [0.717, 1.165) is 22.9 Å². The summed E-state index contributed by atoms with van der Waals surface area (Å²) in [7, 11) is 0. The highest BCUT2D eigenvalue weighted by Crippen LogP contribution is 2.42. The maximum atomic E-state index is 14.0. The summed E-state index contributed by atoms with van der Waals surface area (Å²) < 4.78 is 43.5. The number of nitrogens with zero attached hydrogens (tertiary/aromatic N) is 3. The number of anilines is 1. The van der Waals surface area contributed by atoms with Crippen molar-refractivity contribution < 1.29 is 18.0 Å². The molecule has 1 aliphatic heterocycles. The van der Waals surface area contributed by atoms with E-state index in [-0.39, 0.29) is 24.1 Å². The summed E-state index contributed by atoms with van der Waals surface area (Å²) >= 11 is 5.74. The molecule has 0 unspecified atom stereocenters. The number of alkyl halides is 3. The molecule has 0 radical (unpaired) electrons.